The summed E-state index contributed by atoms with van der Waals surface area (Å²) in [4.78, 5) is 11.4. The van der Waals surface area contributed by atoms with E-state index >= 15 is 0 Å². The Balaban J connectivity index is 1.95. The molecule has 2 rings (SSSR count). The first-order valence-corrected chi connectivity index (χ1v) is 4.39. The van der Waals surface area contributed by atoms with Gasteiger partial charge in [0.15, 0.2) is 0 Å². The Kier molecular flexibility index (Phi) is 2.44. The Morgan fingerprint density at radius 3 is 3.13 bits per heavy atom. The summed E-state index contributed by atoms with van der Waals surface area (Å²) in [7, 11) is 1.91. The van der Waals surface area contributed by atoms with Gasteiger partial charge >= 0.3 is 0 Å². The molecule has 78 valence electrons. The quantitative estimate of drug-likeness (QED) is 0.706. The van der Waals surface area contributed by atoms with E-state index in [0.29, 0.717) is 6.54 Å². The van der Waals surface area contributed by atoms with Crippen LogP contribution in [0, 0.1) is 0 Å². The second-order valence-electron chi connectivity index (χ2n) is 3.03. The third-order valence-electron chi connectivity index (χ3n) is 2.03. The standard InChI is InChI=1S/C8H10N6O/c1-14-4-2-3-6(14)5-9-8(15)7-10-12-13-11-7/h2-4H,5H2,1H3,(H,9,15)(H,10,11,12,13). The maximum atomic E-state index is 11.4. The number of aromatic nitrogens is 5. The van der Waals surface area contributed by atoms with Crippen molar-refractivity contribution in [2.75, 3.05) is 0 Å². The molecule has 0 spiro atoms. The smallest absolute Gasteiger partial charge is 0.293 e. The van der Waals surface area contributed by atoms with E-state index in [2.05, 4.69) is 25.9 Å². The molecule has 0 saturated heterocycles. The van der Waals surface area contributed by atoms with Gasteiger partial charge in [-0.3, -0.25) is 4.79 Å². The van der Waals surface area contributed by atoms with Gasteiger partial charge in [0.25, 0.3) is 11.7 Å². The van der Waals surface area contributed by atoms with Gasteiger partial charge in [-0.2, -0.15) is 5.21 Å². The number of nitrogens with one attached hydrogen (secondary N) is 2. The van der Waals surface area contributed by atoms with Gasteiger partial charge in [-0.1, -0.05) is 0 Å². The van der Waals surface area contributed by atoms with Crippen LogP contribution >= 0.6 is 0 Å². The minimum atomic E-state index is -0.343. The van der Waals surface area contributed by atoms with Crippen LogP contribution in [0.25, 0.3) is 0 Å². The number of aromatic amines is 1. The maximum absolute atomic E-state index is 11.4. The lowest BCUT2D eigenvalue weighted by atomic mass is 10.4. The Morgan fingerprint density at radius 1 is 1.67 bits per heavy atom. The van der Waals surface area contributed by atoms with Gasteiger partial charge < -0.3 is 9.88 Å². The topological polar surface area (TPSA) is 88.5 Å². The third kappa shape index (κ3) is 2.01. The molecular formula is C8H10N6O. The molecule has 0 radical (unpaired) electrons. The first-order chi connectivity index (χ1) is 7.27. The summed E-state index contributed by atoms with van der Waals surface area (Å²) in [5.41, 5.74) is 1.01. The molecule has 0 saturated carbocycles. The molecule has 7 nitrogen and oxygen atoms in total. The summed E-state index contributed by atoms with van der Waals surface area (Å²) in [6.45, 7) is 0.441. The first kappa shape index (κ1) is 9.38. The normalized spacial score (nSPS) is 10.2. The molecular weight excluding hydrogens is 196 g/mol. The first-order valence-electron chi connectivity index (χ1n) is 4.39. The number of carbonyl (C=O) groups is 1. The van der Waals surface area contributed by atoms with E-state index in [4.69, 9.17) is 0 Å². The molecule has 2 N–H and O–H groups in total. The van der Waals surface area contributed by atoms with Crippen molar-refractivity contribution in [3.05, 3.63) is 29.8 Å². The molecule has 0 aliphatic heterocycles. The molecule has 0 unspecified atom stereocenters. The van der Waals surface area contributed by atoms with Gasteiger partial charge in [0.05, 0.1) is 6.54 Å². The van der Waals surface area contributed by atoms with Gasteiger partial charge in [0.1, 0.15) is 0 Å². The highest BCUT2D eigenvalue weighted by Gasteiger charge is 2.10. The van der Waals surface area contributed by atoms with Crippen molar-refractivity contribution in [3.8, 4) is 0 Å². The molecule has 0 fully saturated rings. The highest BCUT2D eigenvalue weighted by molar-refractivity contribution is 5.89. The van der Waals surface area contributed by atoms with Crippen LogP contribution in [-0.2, 0) is 13.6 Å². The second kappa shape index (κ2) is 3.91. The predicted octanol–water partition coefficient (Wildman–Crippen LogP) is -0.532. The van der Waals surface area contributed by atoms with E-state index in [-0.39, 0.29) is 11.7 Å². The Morgan fingerprint density at radius 2 is 2.53 bits per heavy atom. The van der Waals surface area contributed by atoms with Crippen LogP contribution in [0.3, 0.4) is 0 Å². The van der Waals surface area contributed by atoms with Crippen molar-refractivity contribution < 1.29 is 4.79 Å². The van der Waals surface area contributed by atoms with E-state index in [1.807, 2.05) is 29.9 Å². The zero-order valence-corrected chi connectivity index (χ0v) is 8.14. The van der Waals surface area contributed by atoms with Crippen molar-refractivity contribution in [3.63, 3.8) is 0 Å². The fraction of sp³-hybridized carbons (Fsp3) is 0.250. The van der Waals surface area contributed by atoms with Crippen LogP contribution in [0.15, 0.2) is 18.3 Å². The van der Waals surface area contributed by atoms with Crippen LogP contribution in [0.1, 0.15) is 16.3 Å². The van der Waals surface area contributed by atoms with E-state index in [1.165, 1.54) is 0 Å². The number of hydrogen-bond acceptors (Lipinski definition) is 4. The molecule has 2 heterocycles. The lowest BCUT2D eigenvalue weighted by Gasteiger charge is -2.03. The molecule has 0 bridgehead atoms. The highest BCUT2D eigenvalue weighted by Crippen LogP contribution is 1.98. The molecule has 2 aromatic heterocycles. The average Bonchev–Trinajstić information content (AvgIpc) is 2.85. The Hall–Kier alpha value is -2.18. The number of carbonyl (C=O) groups excluding carboxylic acids is 1. The minimum absolute atomic E-state index is 0.0456. The van der Waals surface area contributed by atoms with Crippen molar-refractivity contribution >= 4 is 5.91 Å². The van der Waals surface area contributed by atoms with Crippen molar-refractivity contribution in [2.45, 2.75) is 6.54 Å². The molecule has 0 aliphatic rings. The summed E-state index contributed by atoms with van der Waals surface area (Å²) in [6.07, 6.45) is 1.91. The zero-order chi connectivity index (χ0) is 10.7. The lowest BCUT2D eigenvalue weighted by molar-refractivity contribution is 0.0940. The molecule has 2 aromatic rings. The van der Waals surface area contributed by atoms with Crippen molar-refractivity contribution in [1.29, 1.82) is 0 Å². The van der Waals surface area contributed by atoms with Crippen molar-refractivity contribution in [1.82, 2.24) is 30.5 Å². The number of amides is 1. The molecule has 15 heavy (non-hydrogen) atoms. The van der Waals surface area contributed by atoms with Gasteiger partial charge in [0, 0.05) is 18.9 Å². The molecule has 0 atom stereocenters. The highest BCUT2D eigenvalue weighted by atomic mass is 16.2. The predicted molar refractivity (Wildman–Crippen MR) is 50.8 cm³/mol. The van der Waals surface area contributed by atoms with E-state index in [9.17, 15) is 4.79 Å². The third-order valence-corrected chi connectivity index (χ3v) is 2.03. The summed E-state index contributed by atoms with van der Waals surface area (Å²) in [5.74, 6) is -0.297. The van der Waals surface area contributed by atoms with Gasteiger partial charge in [0.2, 0.25) is 0 Å². The molecule has 0 aliphatic carbocycles. The van der Waals surface area contributed by atoms with E-state index in [1.54, 1.807) is 0 Å². The molecule has 0 aromatic carbocycles. The van der Waals surface area contributed by atoms with Crippen LogP contribution in [0.2, 0.25) is 0 Å². The summed E-state index contributed by atoms with van der Waals surface area (Å²) in [5, 5.41) is 15.4. The fourth-order valence-corrected chi connectivity index (χ4v) is 1.19. The number of H-pyrrole nitrogens is 1. The number of tetrazole rings is 1. The summed E-state index contributed by atoms with van der Waals surface area (Å²) < 4.78 is 1.93. The van der Waals surface area contributed by atoms with Gasteiger partial charge in [-0.15, -0.1) is 10.2 Å². The number of hydrogen-bond donors (Lipinski definition) is 2. The largest absolute Gasteiger partial charge is 0.353 e. The van der Waals surface area contributed by atoms with E-state index < -0.39 is 0 Å². The van der Waals surface area contributed by atoms with Crippen LogP contribution in [-0.4, -0.2) is 31.1 Å². The Labute approximate surface area is 85.5 Å². The number of nitrogens with zero attached hydrogens (tertiary/aromatic N) is 4. The minimum Gasteiger partial charge on any atom is -0.353 e. The van der Waals surface area contributed by atoms with Gasteiger partial charge in [-0.25, -0.2) is 0 Å². The van der Waals surface area contributed by atoms with Crippen molar-refractivity contribution in [2.24, 2.45) is 7.05 Å². The summed E-state index contributed by atoms with van der Waals surface area (Å²) in [6, 6.07) is 3.84. The molecule has 1 amide bonds. The maximum Gasteiger partial charge on any atom is 0.293 e. The van der Waals surface area contributed by atoms with Crippen LogP contribution in [0.4, 0.5) is 0 Å². The SMILES string of the molecule is Cn1cccc1CNC(=O)c1nn[nH]n1. The van der Waals surface area contributed by atoms with Crippen LogP contribution < -0.4 is 5.32 Å². The number of aryl methyl sites for hydroxylation is 1. The van der Waals surface area contributed by atoms with Crippen LogP contribution in [0.5, 0.6) is 0 Å². The second-order valence-corrected chi connectivity index (χ2v) is 3.03. The zero-order valence-electron chi connectivity index (χ0n) is 8.14. The van der Waals surface area contributed by atoms with E-state index in [0.717, 1.165) is 5.69 Å². The Bertz CT molecular complexity index is 445. The fourth-order valence-electron chi connectivity index (χ4n) is 1.19. The lowest BCUT2D eigenvalue weighted by Crippen LogP contribution is -2.25. The summed E-state index contributed by atoms with van der Waals surface area (Å²) >= 11 is 0. The monoisotopic (exact) mass is 206 g/mol. The van der Waals surface area contributed by atoms with Gasteiger partial charge in [-0.05, 0) is 17.3 Å². The average molecular weight is 206 g/mol. The molecule has 7 heteroatoms. The number of rotatable bonds is 3.